The molecule has 0 bridgehead atoms. The summed E-state index contributed by atoms with van der Waals surface area (Å²) in [6, 6.07) is 8.12. The number of hydrogen-bond acceptors (Lipinski definition) is 5. The van der Waals surface area contributed by atoms with Crippen LogP contribution < -0.4 is 10.1 Å². The molecule has 1 N–H and O–H groups in total. The predicted octanol–water partition coefficient (Wildman–Crippen LogP) is 2.81. The van der Waals surface area contributed by atoms with Crippen molar-refractivity contribution in [1.29, 1.82) is 0 Å². The summed E-state index contributed by atoms with van der Waals surface area (Å²) in [6.07, 6.45) is 0.844. The van der Waals surface area contributed by atoms with Crippen molar-refractivity contribution in [2.45, 2.75) is 19.9 Å². The highest BCUT2D eigenvalue weighted by molar-refractivity contribution is 7.09. The maximum atomic E-state index is 5.72. The van der Waals surface area contributed by atoms with Crippen molar-refractivity contribution in [3.05, 3.63) is 45.9 Å². The van der Waals surface area contributed by atoms with Crippen LogP contribution in [0.25, 0.3) is 0 Å². The Morgan fingerprint density at radius 2 is 2.00 bits per heavy atom. The largest absolute Gasteiger partial charge is 0.493 e. The van der Waals surface area contributed by atoms with Crippen LogP contribution in [0.5, 0.6) is 5.75 Å². The minimum Gasteiger partial charge on any atom is -0.493 e. The Morgan fingerprint density at radius 1 is 1.19 bits per heavy atom. The third kappa shape index (κ3) is 5.83. The van der Waals surface area contributed by atoms with Gasteiger partial charge < -0.3 is 14.8 Å². The van der Waals surface area contributed by atoms with Crippen LogP contribution in [0.15, 0.2) is 29.6 Å². The van der Waals surface area contributed by atoms with Gasteiger partial charge in [-0.25, -0.2) is 4.98 Å². The van der Waals surface area contributed by atoms with E-state index < -0.39 is 0 Å². The lowest BCUT2D eigenvalue weighted by Crippen LogP contribution is -2.18. The van der Waals surface area contributed by atoms with Crippen LogP contribution in [0.2, 0.25) is 0 Å². The summed E-state index contributed by atoms with van der Waals surface area (Å²) >= 11 is 1.69. The molecule has 0 amide bonds. The fourth-order valence-electron chi connectivity index (χ4n) is 1.83. The van der Waals surface area contributed by atoms with Gasteiger partial charge in [-0.05, 0) is 19.1 Å². The molecule has 0 fully saturated rings. The van der Waals surface area contributed by atoms with Gasteiger partial charge in [0.25, 0.3) is 0 Å². The summed E-state index contributed by atoms with van der Waals surface area (Å²) < 4.78 is 10.7. The molecule has 0 radical (unpaired) electrons. The molecule has 1 aromatic carbocycles. The van der Waals surface area contributed by atoms with Gasteiger partial charge in [0, 0.05) is 32.0 Å². The summed E-state index contributed by atoms with van der Waals surface area (Å²) in [5, 5.41) is 6.51. The lowest BCUT2D eigenvalue weighted by molar-refractivity contribution is 0.199. The zero-order chi connectivity index (χ0) is 14.9. The van der Waals surface area contributed by atoms with E-state index in [2.05, 4.69) is 34.7 Å². The zero-order valence-electron chi connectivity index (χ0n) is 12.6. The topological polar surface area (TPSA) is 43.4 Å². The minimum absolute atomic E-state index is 0.660. The Labute approximate surface area is 130 Å². The zero-order valence-corrected chi connectivity index (χ0v) is 13.4. The summed E-state index contributed by atoms with van der Waals surface area (Å²) in [6.45, 7) is 5.09. The number of methoxy groups -OCH3 is 1. The van der Waals surface area contributed by atoms with E-state index in [1.807, 2.05) is 12.1 Å². The smallest absolute Gasteiger partial charge is 0.119 e. The number of aromatic nitrogens is 1. The first-order valence-electron chi connectivity index (χ1n) is 7.10. The summed E-state index contributed by atoms with van der Waals surface area (Å²) in [4.78, 5) is 4.59. The molecular formula is C16H22N2O2S. The number of ether oxygens (including phenoxy) is 2. The van der Waals surface area contributed by atoms with Crippen molar-refractivity contribution in [3.8, 4) is 5.75 Å². The normalized spacial score (nSPS) is 10.8. The van der Waals surface area contributed by atoms with Gasteiger partial charge in [0.1, 0.15) is 5.75 Å². The van der Waals surface area contributed by atoms with E-state index in [0.717, 1.165) is 42.6 Å². The second kappa shape index (κ2) is 8.77. The first-order chi connectivity index (χ1) is 10.3. The molecule has 114 valence electrons. The molecule has 0 saturated heterocycles. The van der Waals surface area contributed by atoms with Crippen LogP contribution in [-0.2, 0) is 17.7 Å². The first kappa shape index (κ1) is 15.9. The highest BCUT2D eigenvalue weighted by Gasteiger charge is 2.02. The highest BCUT2D eigenvalue weighted by Crippen LogP contribution is 2.14. The quantitative estimate of drug-likeness (QED) is 0.724. The summed E-state index contributed by atoms with van der Waals surface area (Å²) in [7, 11) is 1.71. The molecule has 0 atom stereocenters. The average Bonchev–Trinajstić information content (AvgIpc) is 2.94. The predicted molar refractivity (Wildman–Crippen MR) is 86.1 cm³/mol. The third-order valence-electron chi connectivity index (χ3n) is 2.99. The first-order valence-corrected chi connectivity index (χ1v) is 7.98. The fourth-order valence-corrected chi connectivity index (χ4v) is 2.61. The molecule has 1 heterocycles. The summed E-state index contributed by atoms with van der Waals surface area (Å²) in [5.41, 5.74) is 2.33. The molecule has 0 aliphatic heterocycles. The standard InChI is InChI=1S/C16H22N2O2S/c1-13-3-5-15(6-4-13)20-9-7-16-18-14(12-21-16)11-17-8-10-19-2/h3-6,12,17H,7-11H2,1-2H3. The lowest BCUT2D eigenvalue weighted by Gasteiger charge is -2.04. The van der Waals surface area contributed by atoms with E-state index >= 15 is 0 Å². The Bertz CT molecular complexity index is 525. The molecule has 2 aromatic rings. The maximum absolute atomic E-state index is 5.72. The van der Waals surface area contributed by atoms with Crippen LogP contribution in [0.4, 0.5) is 0 Å². The number of rotatable bonds is 9. The van der Waals surface area contributed by atoms with Crippen molar-refractivity contribution in [2.24, 2.45) is 0 Å². The van der Waals surface area contributed by atoms with Gasteiger partial charge in [0.05, 0.1) is 23.9 Å². The second-order valence-electron chi connectivity index (χ2n) is 4.81. The van der Waals surface area contributed by atoms with Crippen molar-refractivity contribution < 1.29 is 9.47 Å². The summed E-state index contributed by atoms with van der Waals surface area (Å²) in [5.74, 6) is 0.915. The number of nitrogens with zero attached hydrogens (tertiary/aromatic N) is 1. The molecule has 0 spiro atoms. The van der Waals surface area contributed by atoms with Crippen molar-refractivity contribution in [1.82, 2.24) is 10.3 Å². The number of nitrogens with one attached hydrogen (secondary N) is 1. The van der Waals surface area contributed by atoms with E-state index in [1.54, 1.807) is 18.4 Å². The van der Waals surface area contributed by atoms with Crippen molar-refractivity contribution >= 4 is 11.3 Å². The Morgan fingerprint density at radius 3 is 2.76 bits per heavy atom. The molecule has 2 rings (SSSR count). The van der Waals surface area contributed by atoms with Gasteiger partial charge in [0.2, 0.25) is 0 Å². The molecule has 1 aromatic heterocycles. The molecule has 4 nitrogen and oxygen atoms in total. The molecular weight excluding hydrogens is 284 g/mol. The molecule has 5 heteroatoms. The average molecular weight is 306 g/mol. The molecule has 0 saturated carbocycles. The van der Waals surface area contributed by atoms with Crippen LogP contribution in [0.3, 0.4) is 0 Å². The van der Waals surface area contributed by atoms with E-state index in [4.69, 9.17) is 9.47 Å². The van der Waals surface area contributed by atoms with E-state index in [1.165, 1.54) is 5.56 Å². The van der Waals surface area contributed by atoms with Crippen molar-refractivity contribution in [3.63, 3.8) is 0 Å². The molecule has 0 unspecified atom stereocenters. The fraction of sp³-hybridized carbons (Fsp3) is 0.438. The number of benzene rings is 1. The Balaban J connectivity index is 1.69. The van der Waals surface area contributed by atoms with Gasteiger partial charge in [-0.2, -0.15) is 0 Å². The Hall–Kier alpha value is -1.43. The van der Waals surface area contributed by atoms with Crippen LogP contribution in [-0.4, -0.2) is 31.9 Å². The van der Waals surface area contributed by atoms with Gasteiger partial charge in [0.15, 0.2) is 0 Å². The maximum Gasteiger partial charge on any atom is 0.119 e. The SMILES string of the molecule is COCCNCc1csc(CCOc2ccc(C)cc2)n1. The van der Waals surface area contributed by atoms with Gasteiger partial charge >= 0.3 is 0 Å². The van der Waals surface area contributed by atoms with Gasteiger partial charge in [-0.3, -0.25) is 0 Å². The lowest BCUT2D eigenvalue weighted by atomic mass is 10.2. The van der Waals surface area contributed by atoms with Gasteiger partial charge in [-0.1, -0.05) is 17.7 Å². The second-order valence-corrected chi connectivity index (χ2v) is 5.76. The van der Waals surface area contributed by atoms with Gasteiger partial charge in [-0.15, -0.1) is 11.3 Å². The monoisotopic (exact) mass is 306 g/mol. The Kier molecular flexibility index (Phi) is 6.66. The highest BCUT2D eigenvalue weighted by atomic mass is 32.1. The van der Waals surface area contributed by atoms with Crippen molar-refractivity contribution in [2.75, 3.05) is 26.9 Å². The molecule has 0 aliphatic rings. The third-order valence-corrected chi connectivity index (χ3v) is 3.95. The van der Waals surface area contributed by atoms with Crippen LogP contribution >= 0.6 is 11.3 Å². The minimum atomic E-state index is 0.660. The number of aryl methyl sites for hydroxylation is 1. The van der Waals surface area contributed by atoms with E-state index in [0.29, 0.717) is 6.61 Å². The van der Waals surface area contributed by atoms with Crippen LogP contribution in [0.1, 0.15) is 16.3 Å². The van der Waals surface area contributed by atoms with Crippen LogP contribution in [0, 0.1) is 6.92 Å². The van der Waals surface area contributed by atoms with E-state index in [9.17, 15) is 0 Å². The number of thiazole rings is 1. The van der Waals surface area contributed by atoms with E-state index in [-0.39, 0.29) is 0 Å². The number of hydrogen-bond donors (Lipinski definition) is 1. The molecule has 21 heavy (non-hydrogen) atoms. The molecule has 0 aliphatic carbocycles.